The first-order valence-corrected chi connectivity index (χ1v) is 10.6. The summed E-state index contributed by atoms with van der Waals surface area (Å²) in [5.41, 5.74) is 6.26. The van der Waals surface area contributed by atoms with Crippen molar-refractivity contribution in [3.05, 3.63) is 112 Å². The molecular formula is C26H19N7O. The van der Waals surface area contributed by atoms with Crippen LogP contribution in [0, 0.1) is 11.3 Å². The van der Waals surface area contributed by atoms with Crippen molar-refractivity contribution in [1.29, 1.82) is 5.26 Å². The number of anilines is 1. The van der Waals surface area contributed by atoms with Gasteiger partial charge in [-0.15, -0.1) is 0 Å². The lowest BCUT2D eigenvalue weighted by molar-refractivity contribution is 0.831. The van der Waals surface area contributed by atoms with Crippen molar-refractivity contribution in [3.63, 3.8) is 0 Å². The lowest BCUT2D eigenvalue weighted by Gasteiger charge is -2.07. The maximum atomic E-state index is 12.4. The second-order valence-electron chi connectivity index (χ2n) is 7.61. The Morgan fingerprint density at radius 3 is 2.79 bits per heavy atom. The normalized spacial score (nSPS) is 11.0. The van der Waals surface area contributed by atoms with E-state index in [4.69, 9.17) is 0 Å². The Morgan fingerprint density at radius 2 is 2.00 bits per heavy atom. The Hall–Kier alpha value is -5.03. The van der Waals surface area contributed by atoms with Crippen LogP contribution in [-0.4, -0.2) is 25.7 Å². The van der Waals surface area contributed by atoms with Gasteiger partial charge in [-0.05, 0) is 34.7 Å². The molecule has 5 rings (SSSR count). The fraction of sp³-hybridized carbons (Fsp3) is 0.0385. The van der Waals surface area contributed by atoms with Gasteiger partial charge in [0.05, 0.1) is 11.9 Å². The topological polar surface area (TPSA) is 112 Å². The average Bonchev–Trinajstić information content (AvgIpc) is 3.27. The van der Waals surface area contributed by atoms with Crippen LogP contribution in [0.4, 0.5) is 5.95 Å². The number of aromatic nitrogens is 4. The van der Waals surface area contributed by atoms with Crippen LogP contribution >= 0.6 is 0 Å². The summed E-state index contributed by atoms with van der Waals surface area (Å²) in [6.45, 7) is 0.717. The van der Waals surface area contributed by atoms with E-state index in [1.165, 1.54) is 0 Å². The Labute approximate surface area is 194 Å². The first kappa shape index (κ1) is 20.8. The van der Waals surface area contributed by atoms with Crippen molar-refractivity contribution >= 4 is 23.1 Å². The van der Waals surface area contributed by atoms with Gasteiger partial charge in [-0.1, -0.05) is 48.5 Å². The summed E-state index contributed by atoms with van der Waals surface area (Å²) in [7, 11) is 0. The molecule has 5 aromatic rings. The number of benzene rings is 2. The Morgan fingerprint density at radius 1 is 1.12 bits per heavy atom. The summed E-state index contributed by atoms with van der Waals surface area (Å²) in [5.74, 6) is 0.153. The number of nitrogens with one attached hydrogen (secondary N) is 2. The van der Waals surface area contributed by atoms with Crippen molar-refractivity contribution in [2.45, 2.75) is 6.54 Å². The number of pyridine rings is 1. The molecule has 0 amide bonds. The molecule has 2 N–H and O–H groups in total. The highest BCUT2D eigenvalue weighted by molar-refractivity contribution is 5.89. The van der Waals surface area contributed by atoms with Gasteiger partial charge in [0.25, 0.3) is 5.56 Å². The van der Waals surface area contributed by atoms with Crippen LogP contribution in [0.1, 0.15) is 16.7 Å². The first-order valence-electron chi connectivity index (χ1n) is 10.6. The van der Waals surface area contributed by atoms with Crippen molar-refractivity contribution in [2.24, 2.45) is 5.10 Å². The van der Waals surface area contributed by atoms with Gasteiger partial charge in [0.15, 0.2) is 0 Å². The number of nitriles is 1. The highest BCUT2D eigenvalue weighted by Gasteiger charge is 2.12. The molecule has 3 aromatic heterocycles. The number of hydrogen-bond donors (Lipinski definition) is 2. The summed E-state index contributed by atoms with van der Waals surface area (Å²) in [6, 6.07) is 23.1. The summed E-state index contributed by atoms with van der Waals surface area (Å²) in [5, 5.41) is 14.8. The molecule has 0 bridgehead atoms. The highest BCUT2D eigenvalue weighted by atomic mass is 16.1. The molecule has 34 heavy (non-hydrogen) atoms. The van der Waals surface area contributed by atoms with Gasteiger partial charge in [-0.25, -0.2) is 10.4 Å². The molecule has 8 nitrogen and oxygen atoms in total. The molecule has 0 fully saturated rings. The smallest absolute Gasteiger partial charge is 0.270 e. The van der Waals surface area contributed by atoms with E-state index < -0.39 is 5.56 Å². The minimum absolute atomic E-state index is 0.0411. The third kappa shape index (κ3) is 4.31. The molecule has 0 aliphatic carbocycles. The van der Waals surface area contributed by atoms with Gasteiger partial charge in [0.1, 0.15) is 11.6 Å². The van der Waals surface area contributed by atoms with Crippen LogP contribution in [0.2, 0.25) is 0 Å². The van der Waals surface area contributed by atoms with Crippen molar-refractivity contribution in [1.82, 2.24) is 19.5 Å². The monoisotopic (exact) mass is 445 g/mol. The molecule has 8 heteroatoms. The van der Waals surface area contributed by atoms with E-state index in [0.717, 1.165) is 28.6 Å². The second-order valence-corrected chi connectivity index (χ2v) is 7.61. The molecule has 0 atom stereocenters. The molecule has 3 heterocycles. The van der Waals surface area contributed by atoms with Crippen molar-refractivity contribution < 1.29 is 0 Å². The van der Waals surface area contributed by atoms with Crippen LogP contribution < -0.4 is 11.0 Å². The van der Waals surface area contributed by atoms with E-state index in [9.17, 15) is 10.1 Å². The second kappa shape index (κ2) is 9.22. The quantitative estimate of drug-likeness (QED) is 0.301. The van der Waals surface area contributed by atoms with E-state index in [1.54, 1.807) is 24.5 Å². The van der Waals surface area contributed by atoms with Crippen molar-refractivity contribution in [3.8, 4) is 17.3 Å². The number of fused-ring (bicyclic) bond motifs is 1. The maximum absolute atomic E-state index is 12.4. The fourth-order valence-electron chi connectivity index (χ4n) is 3.71. The lowest BCUT2D eigenvalue weighted by atomic mass is 10.1. The zero-order valence-corrected chi connectivity index (χ0v) is 18.0. The molecule has 0 aliphatic rings. The van der Waals surface area contributed by atoms with Crippen LogP contribution in [0.15, 0.2) is 95.2 Å². The van der Waals surface area contributed by atoms with E-state index in [1.807, 2.05) is 67.0 Å². The van der Waals surface area contributed by atoms with Crippen LogP contribution in [0.25, 0.3) is 22.2 Å². The van der Waals surface area contributed by atoms with E-state index in [-0.39, 0.29) is 11.5 Å². The van der Waals surface area contributed by atoms with Crippen LogP contribution in [0.3, 0.4) is 0 Å². The summed E-state index contributed by atoms with van der Waals surface area (Å²) in [6.07, 6.45) is 7.32. The van der Waals surface area contributed by atoms with Crippen molar-refractivity contribution in [2.75, 3.05) is 5.43 Å². The molecule has 0 aliphatic heterocycles. The minimum Gasteiger partial charge on any atom is -0.343 e. The summed E-state index contributed by atoms with van der Waals surface area (Å²) in [4.78, 5) is 23.5. The number of rotatable bonds is 6. The zero-order valence-electron chi connectivity index (χ0n) is 18.0. The van der Waals surface area contributed by atoms with Gasteiger partial charge in [0.2, 0.25) is 5.95 Å². The summed E-state index contributed by atoms with van der Waals surface area (Å²) >= 11 is 0. The Bertz CT molecular complexity index is 1580. The SMILES string of the molecule is N#Cc1c(-c2ccccc2)nc(NN=Cc2ccc3ccn(Cc4cccnc4)c3c2)[nH]c1=O. The van der Waals surface area contributed by atoms with E-state index in [2.05, 4.69) is 36.1 Å². The largest absolute Gasteiger partial charge is 0.343 e. The predicted molar refractivity (Wildman–Crippen MR) is 132 cm³/mol. The molecule has 0 radical (unpaired) electrons. The molecule has 0 unspecified atom stereocenters. The number of aromatic amines is 1. The lowest BCUT2D eigenvalue weighted by Crippen LogP contribution is -2.16. The Balaban J connectivity index is 1.39. The molecule has 164 valence electrons. The average molecular weight is 445 g/mol. The molecule has 2 aromatic carbocycles. The molecule has 0 saturated heterocycles. The van der Waals surface area contributed by atoms with Gasteiger partial charge < -0.3 is 4.57 Å². The third-order valence-corrected chi connectivity index (χ3v) is 5.34. The highest BCUT2D eigenvalue weighted by Crippen LogP contribution is 2.20. The number of nitrogens with zero attached hydrogens (tertiary/aromatic N) is 5. The van der Waals surface area contributed by atoms with Gasteiger partial charge in [-0.3, -0.25) is 14.8 Å². The van der Waals surface area contributed by atoms with E-state index >= 15 is 0 Å². The van der Waals surface area contributed by atoms with Gasteiger partial charge in [0, 0.05) is 36.2 Å². The van der Waals surface area contributed by atoms with Gasteiger partial charge in [-0.2, -0.15) is 10.4 Å². The van der Waals surface area contributed by atoms with E-state index in [0.29, 0.717) is 11.3 Å². The van der Waals surface area contributed by atoms with Crippen LogP contribution in [0.5, 0.6) is 0 Å². The fourth-order valence-corrected chi connectivity index (χ4v) is 3.71. The maximum Gasteiger partial charge on any atom is 0.270 e. The zero-order chi connectivity index (χ0) is 23.3. The number of H-pyrrole nitrogens is 1. The number of hydrogen-bond acceptors (Lipinski definition) is 6. The summed E-state index contributed by atoms with van der Waals surface area (Å²) < 4.78 is 2.16. The third-order valence-electron chi connectivity index (χ3n) is 5.34. The minimum atomic E-state index is -0.524. The van der Waals surface area contributed by atoms with Crippen LogP contribution in [-0.2, 0) is 6.54 Å². The first-order chi connectivity index (χ1) is 16.7. The Kier molecular flexibility index (Phi) is 5.65. The number of hydrazone groups is 1. The molecule has 0 spiro atoms. The molecular weight excluding hydrogens is 426 g/mol. The standard InChI is InChI=1S/C26H19N7O/c27-14-22-24(21-6-2-1-3-7-21)30-26(31-25(22)34)32-29-16-18-8-9-20-10-12-33(23(20)13-18)17-19-5-4-11-28-15-19/h1-13,15-16H,17H2,(H2,30,31,32,34). The molecule has 0 saturated carbocycles. The predicted octanol–water partition coefficient (Wildman–Crippen LogP) is 4.15. The van der Waals surface area contributed by atoms with Gasteiger partial charge >= 0.3 is 0 Å².